The van der Waals surface area contributed by atoms with E-state index in [0.29, 0.717) is 37.5 Å². The molecule has 0 aliphatic carbocycles. The number of halogens is 3. The highest BCUT2D eigenvalue weighted by Gasteiger charge is 2.40. The van der Waals surface area contributed by atoms with Gasteiger partial charge in [0.05, 0.1) is 13.4 Å². The van der Waals surface area contributed by atoms with Crippen molar-refractivity contribution in [3.05, 3.63) is 59.7 Å². The number of methoxy groups -OCH3 is 1. The Morgan fingerprint density at radius 2 is 1.69 bits per heavy atom. The number of carbonyl (C=O) groups excluding carboxylic acids is 1. The van der Waals surface area contributed by atoms with Gasteiger partial charge in [-0.05, 0) is 30.8 Å². The molecule has 0 N–H and O–H groups in total. The number of alkyl halides is 3. The SMILES string of the molecule is COc1ccc(OC(F)(F)F)cc1CN(C)C1CN(C(=O)N2CCN(S(C)(=O)=O)CC2)C[C@@H]1c1ccccc1. The van der Waals surface area contributed by atoms with Gasteiger partial charge in [-0.15, -0.1) is 13.2 Å². The molecule has 4 rings (SSSR count). The Labute approximate surface area is 226 Å². The Hall–Kier alpha value is -3.03. The predicted octanol–water partition coefficient (Wildman–Crippen LogP) is 3.19. The van der Waals surface area contributed by atoms with E-state index in [0.717, 1.165) is 11.8 Å². The van der Waals surface area contributed by atoms with Crippen LogP contribution in [-0.2, 0) is 16.6 Å². The van der Waals surface area contributed by atoms with E-state index in [9.17, 15) is 26.4 Å². The number of likely N-dealkylation sites (tertiary alicyclic amines) is 1. The summed E-state index contributed by atoms with van der Waals surface area (Å²) in [4.78, 5) is 18.9. The third-order valence-corrected chi connectivity index (χ3v) is 8.54. The van der Waals surface area contributed by atoms with E-state index in [1.807, 2.05) is 42.3 Å². The van der Waals surface area contributed by atoms with Gasteiger partial charge in [0.25, 0.3) is 0 Å². The Balaban J connectivity index is 1.53. The zero-order chi connectivity index (χ0) is 28.4. The van der Waals surface area contributed by atoms with Crippen molar-refractivity contribution >= 4 is 16.1 Å². The summed E-state index contributed by atoms with van der Waals surface area (Å²) in [5, 5.41) is 0. The first-order valence-corrected chi connectivity index (χ1v) is 14.4. The highest BCUT2D eigenvalue weighted by atomic mass is 32.2. The minimum atomic E-state index is -4.81. The van der Waals surface area contributed by atoms with E-state index in [2.05, 4.69) is 4.74 Å². The molecule has 2 fully saturated rings. The quantitative estimate of drug-likeness (QED) is 0.509. The number of sulfonamides is 1. The number of urea groups is 1. The maximum atomic E-state index is 13.5. The summed E-state index contributed by atoms with van der Waals surface area (Å²) in [5.74, 6) is 0.0585. The molecule has 214 valence electrons. The number of hydrogen-bond donors (Lipinski definition) is 0. The molecule has 2 aromatic rings. The summed E-state index contributed by atoms with van der Waals surface area (Å²) >= 11 is 0. The molecule has 39 heavy (non-hydrogen) atoms. The number of hydrogen-bond acceptors (Lipinski definition) is 6. The number of likely N-dealkylation sites (N-methyl/N-ethyl adjacent to an activating group) is 1. The molecule has 0 bridgehead atoms. The van der Waals surface area contributed by atoms with Crippen LogP contribution in [0.25, 0.3) is 0 Å². The highest BCUT2D eigenvalue weighted by Crippen LogP contribution is 2.34. The predicted molar refractivity (Wildman–Crippen MR) is 139 cm³/mol. The zero-order valence-electron chi connectivity index (χ0n) is 22.1. The van der Waals surface area contributed by atoms with Crippen LogP contribution >= 0.6 is 0 Å². The van der Waals surface area contributed by atoms with Gasteiger partial charge in [-0.2, -0.15) is 4.31 Å². The second-order valence-corrected chi connectivity index (χ2v) is 11.8. The van der Waals surface area contributed by atoms with Crippen LogP contribution in [0.1, 0.15) is 17.0 Å². The Bertz CT molecular complexity index is 1250. The fraction of sp³-hybridized carbons (Fsp3) is 0.500. The van der Waals surface area contributed by atoms with E-state index in [-0.39, 0.29) is 43.4 Å². The minimum absolute atomic E-state index is 0.0435. The second kappa shape index (κ2) is 11.6. The molecule has 13 heteroatoms. The summed E-state index contributed by atoms with van der Waals surface area (Å²) in [6.07, 6.45) is -3.65. The number of amides is 2. The maximum absolute atomic E-state index is 13.5. The third-order valence-electron chi connectivity index (χ3n) is 7.24. The Morgan fingerprint density at radius 3 is 2.28 bits per heavy atom. The molecule has 2 atom stereocenters. The standard InChI is InChI=1S/C26H33F3N4O5S/c1-30(16-20-15-21(38-26(27,28)29)9-10-24(20)37-2)23-18-32(17-22(23)19-7-5-4-6-8-19)25(34)31-11-13-33(14-12-31)39(3,35)36/h4-10,15,22-23H,11-14,16-18H2,1-3H3/t22-,23?/m1/s1. The average Bonchev–Trinajstić information content (AvgIpc) is 3.33. The maximum Gasteiger partial charge on any atom is 0.573 e. The van der Waals surface area contributed by atoms with Crippen LogP contribution in [0, 0.1) is 0 Å². The number of nitrogens with zero attached hydrogens (tertiary/aromatic N) is 4. The van der Waals surface area contributed by atoms with E-state index >= 15 is 0 Å². The van der Waals surface area contributed by atoms with Crippen LogP contribution in [0.3, 0.4) is 0 Å². The van der Waals surface area contributed by atoms with Gasteiger partial charge < -0.3 is 19.3 Å². The molecular formula is C26H33F3N4O5S. The summed E-state index contributed by atoms with van der Waals surface area (Å²) in [5.41, 5.74) is 1.57. The molecule has 2 saturated heterocycles. The van der Waals surface area contributed by atoms with E-state index in [1.165, 1.54) is 29.6 Å². The number of ether oxygens (including phenoxy) is 2. The van der Waals surface area contributed by atoms with Gasteiger partial charge in [0, 0.05) is 63.3 Å². The smallest absolute Gasteiger partial charge is 0.496 e. The average molecular weight is 571 g/mol. The van der Waals surface area contributed by atoms with Crippen molar-refractivity contribution in [3.63, 3.8) is 0 Å². The Morgan fingerprint density at radius 1 is 1.03 bits per heavy atom. The van der Waals surface area contributed by atoms with Crippen LogP contribution < -0.4 is 9.47 Å². The van der Waals surface area contributed by atoms with Crippen molar-refractivity contribution in [1.82, 2.24) is 19.0 Å². The van der Waals surface area contributed by atoms with Crippen molar-refractivity contribution in [2.24, 2.45) is 0 Å². The van der Waals surface area contributed by atoms with Gasteiger partial charge in [0.15, 0.2) is 0 Å². The monoisotopic (exact) mass is 570 g/mol. The first-order chi connectivity index (χ1) is 18.4. The van der Waals surface area contributed by atoms with Gasteiger partial charge in [0.1, 0.15) is 11.5 Å². The number of rotatable bonds is 7. The highest BCUT2D eigenvalue weighted by molar-refractivity contribution is 7.88. The van der Waals surface area contributed by atoms with Crippen molar-refractivity contribution in [2.45, 2.75) is 24.9 Å². The fourth-order valence-electron chi connectivity index (χ4n) is 5.29. The molecule has 2 amide bonds. The van der Waals surface area contributed by atoms with Crippen LogP contribution in [0.2, 0.25) is 0 Å². The van der Waals surface area contributed by atoms with Crippen LogP contribution in [-0.4, -0.2) is 106 Å². The van der Waals surface area contributed by atoms with Crippen LogP contribution in [0.5, 0.6) is 11.5 Å². The number of benzene rings is 2. The minimum Gasteiger partial charge on any atom is -0.496 e. The summed E-state index contributed by atoms with van der Waals surface area (Å²) in [7, 11) is 0.0108. The fourth-order valence-corrected chi connectivity index (χ4v) is 6.12. The topological polar surface area (TPSA) is 82.6 Å². The lowest BCUT2D eigenvalue weighted by Gasteiger charge is -2.35. The second-order valence-electron chi connectivity index (χ2n) is 9.86. The molecule has 0 radical (unpaired) electrons. The number of piperazine rings is 1. The largest absolute Gasteiger partial charge is 0.573 e. The first kappa shape index (κ1) is 29.0. The van der Waals surface area contributed by atoms with Crippen molar-refractivity contribution in [1.29, 1.82) is 0 Å². The van der Waals surface area contributed by atoms with Gasteiger partial charge in [-0.3, -0.25) is 4.90 Å². The normalized spacial score (nSPS) is 20.9. The van der Waals surface area contributed by atoms with Gasteiger partial charge in [-0.1, -0.05) is 30.3 Å². The van der Waals surface area contributed by atoms with Crippen molar-refractivity contribution < 1.29 is 35.9 Å². The lowest BCUT2D eigenvalue weighted by Crippen LogP contribution is -2.53. The van der Waals surface area contributed by atoms with Crippen LogP contribution in [0.4, 0.5) is 18.0 Å². The molecule has 2 aliphatic heterocycles. The Kier molecular flexibility index (Phi) is 8.62. The molecule has 2 aliphatic rings. The lowest BCUT2D eigenvalue weighted by molar-refractivity contribution is -0.274. The molecule has 1 unspecified atom stereocenters. The first-order valence-electron chi connectivity index (χ1n) is 12.5. The lowest BCUT2D eigenvalue weighted by atomic mass is 9.93. The number of carbonyl (C=O) groups is 1. The molecule has 0 aromatic heterocycles. The molecule has 2 heterocycles. The van der Waals surface area contributed by atoms with Gasteiger partial charge >= 0.3 is 12.4 Å². The zero-order valence-corrected chi connectivity index (χ0v) is 22.9. The summed E-state index contributed by atoms with van der Waals surface area (Å²) < 4.78 is 73.0. The molecule has 9 nitrogen and oxygen atoms in total. The van der Waals surface area contributed by atoms with E-state index in [1.54, 1.807) is 9.80 Å². The molecule has 2 aromatic carbocycles. The molecule has 0 spiro atoms. The van der Waals surface area contributed by atoms with E-state index < -0.39 is 16.4 Å². The van der Waals surface area contributed by atoms with E-state index in [4.69, 9.17) is 4.74 Å². The van der Waals surface area contributed by atoms with Crippen molar-refractivity contribution in [3.8, 4) is 11.5 Å². The molecular weight excluding hydrogens is 537 g/mol. The molecule has 0 saturated carbocycles. The van der Waals surface area contributed by atoms with Gasteiger partial charge in [0.2, 0.25) is 10.0 Å². The van der Waals surface area contributed by atoms with Gasteiger partial charge in [-0.25, -0.2) is 13.2 Å². The third kappa shape index (κ3) is 7.14. The van der Waals surface area contributed by atoms with Crippen molar-refractivity contribution in [2.75, 3.05) is 59.7 Å². The summed E-state index contributed by atoms with van der Waals surface area (Å²) in [6, 6.07) is 13.5. The van der Waals surface area contributed by atoms with Crippen LogP contribution in [0.15, 0.2) is 48.5 Å². The summed E-state index contributed by atoms with van der Waals surface area (Å²) in [6.45, 7) is 2.24.